The number of guanidine groups is 1. The van der Waals surface area contributed by atoms with Crippen molar-refractivity contribution in [3.63, 3.8) is 0 Å². The van der Waals surface area contributed by atoms with Gasteiger partial charge in [-0.2, -0.15) is 11.8 Å². The Labute approximate surface area is 166 Å². The summed E-state index contributed by atoms with van der Waals surface area (Å²) in [5.41, 5.74) is 2.38. The first kappa shape index (κ1) is 21.1. The zero-order chi connectivity index (χ0) is 16.5. The summed E-state index contributed by atoms with van der Waals surface area (Å²) in [6.45, 7) is 3.22. The van der Waals surface area contributed by atoms with E-state index in [1.54, 1.807) is 7.05 Å². The number of hydrogen-bond donors (Lipinski definition) is 2. The predicted octanol–water partition coefficient (Wildman–Crippen LogP) is 2.46. The molecule has 1 fully saturated rings. The van der Waals surface area contributed by atoms with Crippen molar-refractivity contribution in [3.8, 4) is 0 Å². The minimum absolute atomic E-state index is 0. The Kier molecular flexibility index (Phi) is 10.2. The van der Waals surface area contributed by atoms with Gasteiger partial charge in [-0.15, -0.1) is 24.0 Å². The lowest BCUT2D eigenvalue weighted by Gasteiger charge is -2.16. The van der Waals surface area contributed by atoms with E-state index in [-0.39, 0.29) is 29.9 Å². The summed E-state index contributed by atoms with van der Waals surface area (Å²) in [7, 11) is 1.78. The van der Waals surface area contributed by atoms with Crippen LogP contribution in [0.5, 0.6) is 0 Å². The molecule has 1 aromatic carbocycles. The highest BCUT2D eigenvalue weighted by Gasteiger charge is 2.19. The largest absolute Gasteiger partial charge is 0.356 e. The van der Waals surface area contributed by atoms with Crippen LogP contribution in [-0.2, 0) is 17.9 Å². The summed E-state index contributed by atoms with van der Waals surface area (Å²) in [5.74, 6) is 2.14. The van der Waals surface area contributed by atoms with Gasteiger partial charge in [-0.25, -0.2) is 0 Å². The van der Waals surface area contributed by atoms with Gasteiger partial charge in [0.05, 0.1) is 0 Å². The maximum Gasteiger partial charge on any atom is 0.222 e. The molecule has 0 bridgehead atoms. The Morgan fingerprint density at radius 2 is 2.12 bits per heavy atom. The lowest BCUT2D eigenvalue weighted by atomic mass is 10.1. The third-order valence-electron chi connectivity index (χ3n) is 3.82. The van der Waals surface area contributed by atoms with Crippen LogP contribution in [0.3, 0.4) is 0 Å². The van der Waals surface area contributed by atoms with Gasteiger partial charge < -0.3 is 15.5 Å². The predicted molar refractivity (Wildman–Crippen MR) is 113 cm³/mol. The molecule has 0 atom stereocenters. The van der Waals surface area contributed by atoms with Crippen molar-refractivity contribution >= 4 is 47.6 Å². The van der Waals surface area contributed by atoms with Crippen LogP contribution in [0.15, 0.2) is 29.3 Å². The van der Waals surface area contributed by atoms with Gasteiger partial charge in [-0.3, -0.25) is 9.79 Å². The molecule has 1 heterocycles. The first-order chi connectivity index (χ1) is 11.2. The third kappa shape index (κ3) is 6.88. The number of nitrogens with one attached hydrogen (secondary N) is 2. The molecule has 0 radical (unpaired) electrons. The maximum absolute atomic E-state index is 11.7. The monoisotopic (exact) mass is 462 g/mol. The maximum atomic E-state index is 11.7. The second-order valence-electron chi connectivity index (χ2n) is 5.58. The fourth-order valence-electron chi connectivity index (χ4n) is 2.61. The Morgan fingerprint density at radius 3 is 2.79 bits per heavy atom. The number of halogens is 1. The highest BCUT2D eigenvalue weighted by atomic mass is 127. The smallest absolute Gasteiger partial charge is 0.222 e. The molecule has 7 heteroatoms. The van der Waals surface area contributed by atoms with Crippen LogP contribution in [-0.4, -0.2) is 48.9 Å². The molecule has 1 aromatic rings. The van der Waals surface area contributed by atoms with Crippen LogP contribution in [0.2, 0.25) is 0 Å². The zero-order valence-electron chi connectivity index (χ0n) is 14.4. The fourth-order valence-corrected chi connectivity index (χ4v) is 2.91. The molecule has 1 aliphatic rings. The number of carbonyl (C=O) groups is 1. The highest BCUT2D eigenvalue weighted by molar-refractivity contribution is 14.0. The molecule has 24 heavy (non-hydrogen) atoms. The van der Waals surface area contributed by atoms with Crippen LogP contribution < -0.4 is 10.6 Å². The standard InChI is InChI=1S/C17H26N4OS.HI/c1-18-17(19-8-10-23-2)20-12-14-5-3-6-15(11-14)13-21-9-4-7-16(21)22;/h3,5-6,11H,4,7-10,12-13H2,1-2H3,(H2,18,19,20);1H. The number of benzene rings is 1. The Hall–Kier alpha value is -0.960. The van der Waals surface area contributed by atoms with Crippen molar-refractivity contribution in [2.75, 3.05) is 32.1 Å². The molecule has 2 N–H and O–H groups in total. The topological polar surface area (TPSA) is 56.7 Å². The van der Waals surface area contributed by atoms with Gasteiger partial charge in [-0.1, -0.05) is 24.3 Å². The molecule has 2 rings (SSSR count). The number of aliphatic imine (C=N–C) groups is 1. The molecule has 5 nitrogen and oxygen atoms in total. The second-order valence-corrected chi connectivity index (χ2v) is 6.57. The average Bonchev–Trinajstić information content (AvgIpc) is 2.96. The summed E-state index contributed by atoms with van der Waals surface area (Å²) in [6.07, 6.45) is 3.77. The van der Waals surface area contributed by atoms with Crippen molar-refractivity contribution in [2.24, 2.45) is 4.99 Å². The first-order valence-corrected chi connectivity index (χ1v) is 9.41. The molecule has 0 spiro atoms. The van der Waals surface area contributed by atoms with E-state index in [1.807, 2.05) is 16.7 Å². The fraction of sp³-hybridized carbons (Fsp3) is 0.529. The van der Waals surface area contributed by atoms with E-state index in [9.17, 15) is 4.79 Å². The highest BCUT2D eigenvalue weighted by Crippen LogP contribution is 2.15. The van der Waals surface area contributed by atoms with E-state index in [2.05, 4.69) is 46.1 Å². The number of nitrogens with zero attached hydrogens (tertiary/aromatic N) is 2. The summed E-state index contributed by atoms with van der Waals surface area (Å²) in [6, 6.07) is 8.39. The number of hydrogen-bond acceptors (Lipinski definition) is 3. The van der Waals surface area contributed by atoms with Gasteiger partial charge in [0.2, 0.25) is 5.91 Å². The van der Waals surface area contributed by atoms with E-state index >= 15 is 0 Å². The van der Waals surface area contributed by atoms with Gasteiger partial charge in [-0.05, 0) is 23.8 Å². The molecule has 0 aromatic heterocycles. The lowest BCUT2D eigenvalue weighted by molar-refractivity contribution is -0.128. The van der Waals surface area contributed by atoms with Gasteiger partial charge in [0.15, 0.2) is 5.96 Å². The van der Waals surface area contributed by atoms with Crippen molar-refractivity contribution in [3.05, 3.63) is 35.4 Å². The number of thioether (sulfide) groups is 1. The summed E-state index contributed by atoms with van der Waals surface area (Å²) >= 11 is 1.81. The van der Waals surface area contributed by atoms with Crippen LogP contribution >= 0.6 is 35.7 Å². The quantitative estimate of drug-likeness (QED) is 0.283. The van der Waals surface area contributed by atoms with E-state index in [1.165, 1.54) is 11.1 Å². The van der Waals surface area contributed by atoms with Crippen LogP contribution in [0.1, 0.15) is 24.0 Å². The third-order valence-corrected chi connectivity index (χ3v) is 4.43. The van der Waals surface area contributed by atoms with Gasteiger partial charge in [0, 0.05) is 45.4 Å². The zero-order valence-corrected chi connectivity index (χ0v) is 17.5. The number of amides is 1. The van der Waals surface area contributed by atoms with Crippen LogP contribution in [0.4, 0.5) is 0 Å². The summed E-state index contributed by atoms with van der Waals surface area (Å²) < 4.78 is 0. The Balaban J connectivity index is 0.00000288. The molecule has 0 aliphatic carbocycles. The van der Waals surface area contributed by atoms with Gasteiger partial charge in [0.25, 0.3) is 0 Å². The Morgan fingerprint density at radius 1 is 1.33 bits per heavy atom. The van der Waals surface area contributed by atoms with Crippen molar-refractivity contribution in [1.29, 1.82) is 0 Å². The SMILES string of the molecule is CN=C(NCCSC)NCc1cccc(CN2CCCC2=O)c1.I. The van der Waals surface area contributed by atoms with E-state index < -0.39 is 0 Å². The van der Waals surface area contributed by atoms with Crippen LogP contribution in [0.25, 0.3) is 0 Å². The van der Waals surface area contributed by atoms with Crippen molar-refractivity contribution < 1.29 is 4.79 Å². The molecular weight excluding hydrogens is 435 g/mol. The van der Waals surface area contributed by atoms with Crippen molar-refractivity contribution in [1.82, 2.24) is 15.5 Å². The lowest BCUT2D eigenvalue weighted by Crippen LogP contribution is -2.37. The molecule has 1 saturated heterocycles. The average molecular weight is 462 g/mol. The minimum atomic E-state index is 0. The molecule has 1 amide bonds. The number of carbonyl (C=O) groups excluding carboxylic acids is 1. The molecular formula is C17H27IN4OS. The van der Waals surface area contributed by atoms with E-state index in [0.29, 0.717) is 13.0 Å². The first-order valence-electron chi connectivity index (χ1n) is 8.02. The summed E-state index contributed by atoms with van der Waals surface area (Å²) in [5, 5.41) is 6.61. The molecule has 0 saturated carbocycles. The minimum Gasteiger partial charge on any atom is -0.356 e. The molecule has 0 unspecified atom stereocenters. The molecule has 1 aliphatic heterocycles. The van der Waals surface area contributed by atoms with Crippen molar-refractivity contribution in [2.45, 2.75) is 25.9 Å². The normalized spacial score (nSPS) is 14.5. The van der Waals surface area contributed by atoms with Gasteiger partial charge >= 0.3 is 0 Å². The second kappa shape index (κ2) is 11.6. The Bertz CT molecular complexity index is 553. The van der Waals surface area contributed by atoms with E-state index in [4.69, 9.17) is 0 Å². The van der Waals surface area contributed by atoms with Gasteiger partial charge in [0.1, 0.15) is 0 Å². The summed E-state index contributed by atoms with van der Waals surface area (Å²) in [4.78, 5) is 17.9. The molecule has 134 valence electrons. The van der Waals surface area contributed by atoms with Crippen LogP contribution in [0, 0.1) is 0 Å². The van der Waals surface area contributed by atoms with E-state index in [0.717, 1.165) is 37.8 Å². The number of likely N-dealkylation sites (tertiary alicyclic amines) is 1. The number of rotatable bonds is 7.